The van der Waals surface area contributed by atoms with Crippen LogP contribution in [0.2, 0.25) is 0 Å². The second-order valence-corrected chi connectivity index (χ2v) is 1.39. The summed E-state index contributed by atoms with van der Waals surface area (Å²) in [4.78, 5) is 0. The molecule has 0 bridgehead atoms. The standard InChI is InChI=1S/C6H9F2/c1-2-3-4-5-6(7)8/h3-4,6H,1-2,5H2/b4-3+. The van der Waals surface area contributed by atoms with Crippen LogP contribution in [0, 0.1) is 6.92 Å². The highest BCUT2D eigenvalue weighted by molar-refractivity contribution is 4.82. The van der Waals surface area contributed by atoms with Gasteiger partial charge in [-0.1, -0.05) is 12.2 Å². The lowest BCUT2D eigenvalue weighted by atomic mass is 10.3. The van der Waals surface area contributed by atoms with Gasteiger partial charge in [0.2, 0.25) is 6.43 Å². The molecule has 0 fully saturated rings. The van der Waals surface area contributed by atoms with Crippen molar-refractivity contribution < 1.29 is 8.78 Å². The van der Waals surface area contributed by atoms with Crippen molar-refractivity contribution >= 4 is 0 Å². The van der Waals surface area contributed by atoms with Crippen molar-refractivity contribution in [3.8, 4) is 0 Å². The molecule has 0 unspecified atom stereocenters. The molecule has 0 aliphatic heterocycles. The number of hydrogen-bond acceptors (Lipinski definition) is 0. The van der Waals surface area contributed by atoms with Crippen molar-refractivity contribution in [3.05, 3.63) is 19.1 Å². The van der Waals surface area contributed by atoms with Gasteiger partial charge in [-0.15, -0.1) is 0 Å². The smallest absolute Gasteiger partial charge is 0.210 e. The first-order valence-electron chi connectivity index (χ1n) is 2.49. The number of hydrogen-bond donors (Lipinski definition) is 0. The lowest BCUT2D eigenvalue weighted by Gasteiger charge is -1.86. The van der Waals surface area contributed by atoms with E-state index in [1.165, 1.54) is 6.08 Å². The number of alkyl halides is 2. The van der Waals surface area contributed by atoms with Crippen LogP contribution in [0.3, 0.4) is 0 Å². The molecule has 2 heteroatoms. The van der Waals surface area contributed by atoms with E-state index in [2.05, 4.69) is 6.92 Å². The monoisotopic (exact) mass is 119 g/mol. The molecule has 0 nitrogen and oxygen atoms in total. The number of rotatable bonds is 3. The Morgan fingerprint density at radius 3 is 2.38 bits per heavy atom. The third-order valence-corrected chi connectivity index (χ3v) is 0.648. The zero-order valence-electron chi connectivity index (χ0n) is 4.61. The quantitative estimate of drug-likeness (QED) is 0.500. The van der Waals surface area contributed by atoms with Crippen LogP contribution in [0.4, 0.5) is 8.78 Å². The fourth-order valence-electron chi connectivity index (χ4n) is 0.317. The first-order chi connectivity index (χ1) is 3.77. The molecule has 0 amide bonds. The molecule has 47 valence electrons. The van der Waals surface area contributed by atoms with Crippen LogP contribution in [0.5, 0.6) is 0 Å². The topological polar surface area (TPSA) is 0 Å². The van der Waals surface area contributed by atoms with Crippen molar-refractivity contribution in [2.45, 2.75) is 19.3 Å². The Bertz CT molecular complexity index is 66.9. The highest BCUT2D eigenvalue weighted by Crippen LogP contribution is 1.99. The molecule has 8 heavy (non-hydrogen) atoms. The largest absolute Gasteiger partial charge is 0.242 e. The SMILES string of the molecule is [CH2]C/C=C/CC(F)F. The van der Waals surface area contributed by atoms with Gasteiger partial charge in [-0.3, -0.25) is 0 Å². The zero-order valence-corrected chi connectivity index (χ0v) is 4.61. The molecule has 1 radical (unpaired) electrons. The summed E-state index contributed by atoms with van der Waals surface area (Å²) in [5, 5.41) is 0. The predicted molar refractivity (Wildman–Crippen MR) is 29.7 cm³/mol. The van der Waals surface area contributed by atoms with Crippen molar-refractivity contribution in [1.82, 2.24) is 0 Å². The predicted octanol–water partition coefficient (Wildman–Crippen LogP) is 2.42. The van der Waals surface area contributed by atoms with Gasteiger partial charge in [-0.2, -0.15) is 0 Å². The molecule has 0 spiro atoms. The Kier molecular flexibility index (Phi) is 4.51. The van der Waals surface area contributed by atoms with Crippen molar-refractivity contribution in [3.63, 3.8) is 0 Å². The summed E-state index contributed by atoms with van der Waals surface area (Å²) in [5.41, 5.74) is 0. The van der Waals surface area contributed by atoms with E-state index in [1.807, 2.05) is 0 Å². The zero-order chi connectivity index (χ0) is 6.41. The van der Waals surface area contributed by atoms with Crippen LogP contribution >= 0.6 is 0 Å². The molecular weight excluding hydrogens is 110 g/mol. The van der Waals surface area contributed by atoms with Gasteiger partial charge in [0.15, 0.2) is 0 Å². The van der Waals surface area contributed by atoms with Crippen molar-refractivity contribution in [1.29, 1.82) is 0 Å². The lowest BCUT2D eigenvalue weighted by Crippen LogP contribution is -1.83. The van der Waals surface area contributed by atoms with Crippen LogP contribution in [-0.2, 0) is 0 Å². The molecule has 0 aliphatic rings. The Morgan fingerprint density at radius 1 is 1.38 bits per heavy atom. The van der Waals surface area contributed by atoms with Gasteiger partial charge in [0, 0.05) is 6.42 Å². The number of halogens is 2. The van der Waals surface area contributed by atoms with E-state index in [0.29, 0.717) is 6.42 Å². The van der Waals surface area contributed by atoms with Gasteiger partial charge < -0.3 is 0 Å². The maximum atomic E-state index is 11.3. The van der Waals surface area contributed by atoms with Gasteiger partial charge in [0.05, 0.1) is 0 Å². The van der Waals surface area contributed by atoms with Crippen LogP contribution in [0.1, 0.15) is 12.8 Å². The summed E-state index contributed by atoms with van der Waals surface area (Å²) >= 11 is 0. The Morgan fingerprint density at radius 2 is 2.00 bits per heavy atom. The van der Waals surface area contributed by atoms with E-state index < -0.39 is 6.43 Å². The lowest BCUT2D eigenvalue weighted by molar-refractivity contribution is 0.152. The minimum absolute atomic E-state index is 0.143. The third-order valence-electron chi connectivity index (χ3n) is 0.648. The van der Waals surface area contributed by atoms with E-state index in [1.54, 1.807) is 6.08 Å². The fourth-order valence-corrected chi connectivity index (χ4v) is 0.317. The highest BCUT2D eigenvalue weighted by atomic mass is 19.3. The normalized spacial score (nSPS) is 11.5. The van der Waals surface area contributed by atoms with Gasteiger partial charge in [0.1, 0.15) is 0 Å². The van der Waals surface area contributed by atoms with Gasteiger partial charge >= 0.3 is 0 Å². The average molecular weight is 119 g/mol. The molecule has 0 saturated carbocycles. The Balaban J connectivity index is 3.03. The van der Waals surface area contributed by atoms with E-state index in [9.17, 15) is 8.78 Å². The first-order valence-corrected chi connectivity index (χ1v) is 2.49. The van der Waals surface area contributed by atoms with E-state index in [4.69, 9.17) is 0 Å². The molecule has 0 aromatic heterocycles. The molecule has 0 saturated heterocycles. The summed E-state index contributed by atoms with van der Waals surface area (Å²) in [6.45, 7) is 3.45. The highest BCUT2D eigenvalue weighted by Gasteiger charge is 1.94. The van der Waals surface area contributed by atoms with Gasteiger partial charge in [-0.05, 0) is 13.3 Å². The second kappa shape index (κ2) is 4.75. The molecule has 0 rings (SSSR count). The molecule has 0 aliphatic carbocycles. The van der Waals surface area contributed by atoms with Crippen molar-refractivity contribution in [2.24, 2.45) is 0 Å². The second-order valence-electron chi connectivity index (χ2n) is 1.39. The fraction of sp³-hybridized carbons (Fsp3) is 0.500. The van der Waals surface area contributed by atoms with Crippen LogP contribution in [-0.4, -0.2) is 6.43 Å². The Labute approximate surface area is 48.2 Å². The number of allylic oxidation sites excluding steroid dienone is 2. The molecule has 0 N–H and O–H groups in total. The van der Waals surface area contributed by atoms with Gasteiger partial charge in [-0.25, -0.2) is 8.78 Å². The molecule has 0 aromatic rings. The summed E-state index contributed by atoms with van der Waals surface area (Å²) in [6.07, 6.45) is 1.31. The first kappa shape index (κ1) is 7.60. The van der Waals surface area contributed by atoms with E-state index in [-0.39, 0.29) is 6.42 Å². The minimum Gasteiger partial charge on any atom is -0.210 e. The maximum Gasteiger partial charge on any atom is 0.242 e. The summed E-state index contributed by atoms with van der Waals surface area (Å²) in [6, 6.07) is 0. The summed E-state index contributed by atoms with van der Waals surface area (Å²) in [7, 11) is 0. The third kappa shape index (κ3) is 5.60. The van der Waals surface area contributed by atoms with Crippen LogP contribution in [0.15, 0.2) is 12.2 Å². The minimum atomic E-state index is -2.21. The van der Waals surface area contributed by atoms with Gasteiger partial charge in [0.25, 0.3) is 0 Å². The van der Waals surface area contributed by atoms with E-state index >= 15 is 0 Å². The molecule has 0 heterocycles. The maximum absolute atomic E-state index is 11.3. The molecule has 0 aromatic carbocycles. The summed E-state index contributed by atoms with van der Waals surface area (Å²) < 4.78 is 22.6. The van der Waals surface area contributed by atoms with Crippen LogP contribution in [0.25, 0.3) is 0 Å². The molecular formula is C6H9F2. The average Bonchev–Trinajstić information content (AvgIpc) is 1.66. The summed E-state index contributed by atoms with van der Waals surface area (Å²) in [5.74, 6) is 0. The van der Waals surface area contributed by atoms with Crippen molar-refractivity contribution in [2.75, 3.05) is 0 Å². The molecule has 0 atom stereocenters. The Hall–Kier alpha value is -0.400. The van der Waals surface area contributed by atoms with Crippen LogP contribution < -0.4 is 0 Å². The van der Waals surface area contributed by atoms with E-state index in [0.717, 1.165) is 0 Å².